The molecule has 1 fully saturated rings. The molecule has 1 saturated heterocycles. The number of rotatable bonds is 58. The quantitative estimate of drug-likeness (QED) is 0.0195. The minimum atomic E-state index is -1.58. The summed E-state index contributed by atoms with van der Waals surface area (Å²) >= 11 is 0. The summed E-state index contributed by atoms with van der Waals surface area (Å²) in [5.41, 5.74) is 0. The average molecular weight is 1130 g/mol. The van der Waals surface area contributed by atoms with Crippen molar-refractivity contribution in [2.24, 2.45) is 0 Å². The second kappa shape index (κ2) is 58.1. The third-order valence-corrected chi connectivity index (χ3v) is 15.6. The van der Waals surface area contributed by atoms with Crippen molar-refractivity contribution >= 4 is 11.9 Å². The Morgan fingerprint density at radius 2 is 0.850 bits per heavy atom. The number of carbonyl (C=O) groups is 2. The fraction of sp³-hybridized carbons (Fsp3) is 0.826. The van der Waals surface area contributed by atoms with Crippen molar-refractivity contribution in [1.82, 2.24) is 5.32 Å². The van der Waals surface area contributed by atoms with Crippen LogP contribution in [0.1, 0.15) is 303 Å². The van der Waals surface area contributed by atoms with E-state index in [2.05, 4.69) is 67.8 Å². The highest BCUT2D eigenvalue weighted by molar-refractivity contribution is 5.76. The molecule has 0 bridgehead atoms. The first-order valence-corrected chi connectivity index (χ1v) is 33.6. The average Bonchev–Trinajstić information content (AvgIpc) is 3.46. The highest BCUT2D eigenvalue weighted by Crippen LogP contribution is 2.23. The van der Waals surface area contributed by atoms with Gasteiger partial charge in [0.2, 0.25) is 5.91 Å². The molecule has 0 saturated carbocycles. The molecule has 1 aliphatic heterocycles. The summed E-state index contributed by atoms with van der Waals surface area (Å²) < 4.78 is 16.7. The Kier molecular flexibility index (Phi) is 54.8. The summed E-state index contributed by atoms with van der Waals surface area (Å²) in [6, 6.07) is -0.834. The summed E-state index contributed by atoms with van der Waals surface area (Å²) in [7, 11) is 0. The molecule has 6 N–H and O–H groups in total. The lowest BCUT2D eigenvalue weighted by Gasteiger charge is -2.40. The minimum Gasteiger partial charge on any atom is -0.466 e. The van der Waals surface area contributed by atoms with E-state index in [1.807, 2.05) is 6.08 Å². The van der Waals surface area contributed by atoms with Crippen LogP contribution in [-0.4, -0.2) is 100 Å². The molecule has 1 aliphatic rings. The van der Waals surface area contributed by atoms with Gasteiger partial charge in [-0.15, -0.1) is 0 Å². The Hall–Kier alpha value is -2.64. The lowest BCUT2D eigenvalue weighted by atomic mass is 9.99. The Morgan fingerprint density at radius 3 is 1.34 bits per heavy atom. The third-order valence-electron chi connectivity index (χ3n) is 15.6. The van der Waals surface area contributed by atoms with Crippen LogP contribution in [0.3, 0.4) is 0 Å². The first-order chi connectivity index (χ1) is 39.2. The monoisotopic (exact) mass is 1130 g/mol. The van der Waals surface area contributed by atoms with E-state index in [0.29, 0.717) is 19.4 Å². The topological polar surface area (TPSA) is 175 Å². The van der Waals surface area contributed by atoms with Crippen LogP contribution < -0.4 is 5.32 Å². The standard InChI is InChI=1S/C69H125NO10/c1-3-5-7-9-11-13-15-17-29-32-35-39-43-47-51-55-62(72)61(60-79-69-68(77)67(76)66(75)63(59-71)80-69)70-64(73)56-52-48-44-40-36-33-30-27-25-23-21-19-18-20-22-24-26-28-31-34-38-42-46-50-54-58-78-65(74)57-53-49-45-41-37-16-14-12-10-8-6-4-2/h12,14,19-22,35,39,51,55,61-63,66-69,71-72,75-77H,3-11,13,15-18,23-34,36-38,40-50,52-54,56-60H2,1-2H3,(H,70,73)/b14-12-,21-19-,22-20-,39-35+,55-51+. The van der Waals surface area contributed by atoms with Crippen molar-refractivity contribution < 1.29 is 49.3 Å². The molecule has 0 aromatic heterocycles. The lowest BCUT2D eigenvalue weighted by Crippen LogP contribution is -2.60. The van der Waals surface area contributed by atoms with Gasteiger partial charge in [0, 0.05) is 12.8 Å². The van der Waals surface area contributed by atoms with Crippen LogP contribution in [0.15, 0.2) is 60.8 Å². The molecule has 1 rings (SSSR count). The van der Waals surface area contributed by atoms with Crippen molar-refractivity contribution in [3.05, 3.63) is 60.8 Å². The minimum absolute atomic E-state index is 0.0125. The van der Waals surface area contributed by atoms with Gasteiger partial charge in [-0.25, -0.2) is 0 Å². The molecule has 11 heteroatoms. The van der Waals surface area contributed by atoms with E-state index >= 15 is 0 Å². The summed E-state index contributed by atoms with van der Waals surface area (Å²) in [6.07, 6.45) is 66.1. The van der Waals surface area contributed by atoms with Crippen LogP contribution in [0.4, 0.5) is 0 Å². The number of aliphatic hydroxyl groups is 5. The van der Waals surface area contributed by atoms with E-state index in [0.717, 1.165) is 83.5 Å². The Labute approximate surface area is 490 Å². The van der Waals surface area contributed by atoms with E-state index in [1.165, 1.54) is 193 Å². The van der Waals surface area contributed by atoms with Crippen molar-refractivity contribution in [2.45, 2.75) is 346 Å². The Morgan fingerprint density at radius 1 is 0.463 bits per heavy atom. The van der Waals surface area contributed by atoms with Crippen LogP contribution in [0.2, 0.25) is 0 Å². The van der Waals surface area contributed by atoms with E-state index in [9.17, 15) is 35.1 Å². The second-order valence-corrected chi connectivity index (χ2v) is 23.2. The number of ether oxygens (including phenoxy) is 3. The van der Waals surface area contributed by atoms with Crippen molar-refractivity contribution in [3.8, 4) is 0 Å². The van der Waals surface area contributed by atoms with E-state index in [1.54, 1.807) is 6.08 Å². The lowest BCUT2D eigenvalue weighted by molar-refractivity contribution is -0.302. The molecule has 466 valence electrons. The maximum absolute atomic E-state index is 13.1. The van der Waals surface area contributed by atoms with Gasteiger partial charge in [-0.3, -0.25) is 9.59 Å². The SMILES string of the molecule is CCCCC/C=C\CCCCCCCC(=O)OCCCCCCCCCCC/C=C\C/C=C\CCCCCCCCCCCC(=O)NC(COC1OC(CO)C(O)C(O)C1O)C(O)/C=C/CC/C=C/CCCCCCCCCCC. The van der Waals surface area contributed by atoms with Gasteiger partial charge in [0.05, 0.1) is 32.0 Å². The van der Waals surface area contributed by atoms with Crippen LogP contribution in [0.25, 0.3) is 0 Å². The van der Waals surface area contributed by atoms with Crippen LogP contribution in [0, 0.1) is 0 Å². The van der Waals surface area contributed by atoms with Gasteiger partial charge >= 0.3 is 5.97 Å². The first-order valence-electron chi connectivity index (χ1n) is 33.6. The molecule has 0 aliphatic carbocycles. The number of aliphatic hydroxyl groups excluding tert-OH is 5. The number of hydrogen-bond acceptors (Lipinski definition) is 10. The van der Waals surface area contributed by atoms with Crippen LogP contribution in [0.5, 0.6) is 0 Å². The second-order valence-electron chi connectivity index (χ2n) is 23.2. The summed E-state index contributed by atoms with van der Waals surface area (Å²) in [5.74, 6) is -0.210. The van der Waals surface area contributed by atoms with Gasteiger partial charge in [0.15, 0.2) is 6.29 Å². The molecule has 0 aromatic carbocycles. The molecule has 7 unspecified atom stereocenters. The molecule has 1 heterocycles. The summed E-state index contributed by atoms with van der Waals surface area (Å²) in [4.78, 5) is 25.1. The predicted octanol–water partition coefficient (Wildman–Crippen LogP) is 16.6. The zero-order valence-corrected chi connectivity index (χ0v) is 51.5. The number of esters is 1. The maximum atomic E-state index is 13.1. The van der Waals surface area contributed by atoms with Crippen molar-refractivity contribution in [2.75, 3.05) is 19.8 Å². The molecule has 0 radical (unpaired) electrons. The smallest absolute Gasteiger partial charge is 0.305 e. The molecule has 11 nitrogen and oxygen atoms in total. The normalized spacial score (nSPS) is 18.7. The van der Waals surface area contributed by atoms with Gasteiger partial charge < -0.3 is 45.1 Å². The molecule has 0 aromatic rings. The number of hydrogen-bond donors (Lipinski definition) is 6. The van der Waals surface area contributed by atoms with Gasteiger partial charge in [-0.1, -0.05) is 248 Å². The Bertz CT molecular complexity index is 1510. The molecular weight excluding hydrogens is 1000 g/mol. The third kappa shape index (κ3) is 46.8. The number of amides is 1. The fourth-order valence-electron chi connectivity index (χ4n) is 10.2. The van der Waals surface area contributed by atoms with E-state index in [4.69, 9.17) is 14.2 Å². The zero-order chi connectivity index (χ0) is 58.0. The highest BCUT2D eigenvalue weighted by Gasteiger charge is 2.44. The van der Waals surface area contributed by atoms with Crippen LogP contribution in [-0.2, 0) is 23.8 Å². The van der Waals surface area contributed by atoms with Gasteiger partial charge in [0.25, 0.3) is 0 Å². The largest absolute Gasteiger partial charge is 0.466 e. The Balaban J connectivity index is 2.07. The van der Waals surface area contributed by atoms with Gasteiger partial charge in [0.1, 0.15) is 24.4 Å². The number of allylic oxidation sites excluding steroid dienone is 9. The molecule has 0 spiro atoms. The van der Waals surface area contributed by atoms with E-state index in [-0.39, 0.29) is 18.5 Å². The number of nitrogens with one attached hydrogen (secondary N) is 1. The predicted molar refractivity (Wildman–Crippen MR) is 333 cm³/mol. The van der Waals surface area contributed by atoms with Gasteiger partial charge in [-0.05, 0) is 103 Å². The highest BCUT2D eigenvalue weighted by atomic mass is 16.7. The zero-order valence-electron chi connectivity index (χ0n) is 51.5. The fourth-order valence-corrected chi connectivity index (χ4v) is 10.2. The summed E-state index contributed by atoms with van der Waals surface area (Å²) in [5, 5.41) is 54.5. The first kappa shape index (κ1) is 75.4. The molecule has 80 heavy (non-hydrogen) atoms. The maximum Gasteiger partial charge on any atom is 0.305 e. The van der Waals surface area contributed by atoms with E-state index < -0.39 is 49.5 Å². The van der Waals surface area contributed by atoms with Gasteiger partial charge in [-0.2, -0.15) is 0 Å². The van der Waals surface area contributed by atoms with Crippen LogP contribution >= 0.6 is 0 Å². The summed E-state index contributed by atoms with van der Waals surface area (Å²) in [6.45, 7) is 4.30. The molecule has 1 amide bonds. The molecular formula is C69H125NO10. The van der Waals surface area contributed by atoms with Crippen molar-refractivity contribution in [1.29, 1.82) is 0 Å². The number of carbonyl (C=O) groups excluding carboxylic acids is 2. The van der Waals surface area contributed by atoms with Crippen molar-refractivity contribution in [3.63, 3.8) is 0 Å². The molecule has 7 atom stereocenters. The number of unbranched alkanes of at least 4 members (excludes halogenated alkanes) is 36.